The Balaban J connectivity index is 2.26. The number of hydrogen-bond donors (Lipinski definition) is 1. The summed E-state index contributed by atoms with van der Waals surface area (Å²) in [5.41, 5.74) is -0.204. The van der Waals surface area contributed by atoms with Gasteiger partial charge in [-0.05, 0) is 11.8 Å². The van der Waals surface area contributed by atoms with Gasteiger partial charge in [-0.25, -0.2) is 0 Å². The molecule has 1 aromatic rings. The van der Waals surface area contributed by atoms with Gasteiger partial charge in [0.25, 0.3) is 0 Å². The fourth-order valence-electron chi connectivity index (χ4n) is 2.50. The minimum absolute atomic E-state index is 0.000880. The molecule has 1 heterocycles. The molecule has 1 N–H and O–H groups in total. The lowest BCUT2D eigenvalue weighted by Crippen LogP contribution is -2.05. The monoisotopic (exact) mass is 223 g/mol. The molecule has 1 aliphatic carbocycles. The standard InChI is InChI=1S/C11H17N3O2/c1-4-5-14-6-12-13-9(14)7-8(10(15)16)11(7,2)3/h6-8H,4-5H2,1-3H3,(H,15,16). The third-order valence-electron chi connectivity index (χ3n) is 3.48. The van der Waals surface area contributed by atoms with Crippen LogP contribution in [0.5, 0.6) is 0 Å². The summed E-state index contributed by atoms with van der Waals surface area (Å²) in [7, 11) is 0. The van der Waals surface area contributed by atoms with Crippen LogP contribution in [0, 0.1) is 11.3 Å². The van der Waals surface area contributed by atoms with Gasteiger partial charge in [0.2, 0.25) is 0 Å². The molecule has 1 aromatic heterocycles. The van der Waals surface area contributed by atoms with Crippen molar-refractivity contribution >= 4 is 5.97 Å². The average molecular weight is 223 g/mol. The number of rotatable bonds is 4. The van der Waals surface area contributed by atoms with E-state index in [4.69, 9.17) is 5.11 Å². The number of nitrogens with zero attached hydrogens (tertiary/aromatic N) is 3. The minimum atomic E-state index is -0.735. The molecule has 88 valence electrons. The Bertz CT molecular complexity index is 411. The van der Waals surface area contributed by atoms with Crippen LogP contribution in [-0.2, 0) is 11.3 Å². The molecule has 2 atom stereocenters. The number of aliphatic carboxylic acids is 1. The van der Waals surface area contributed by atoms with Crippen LogP contribution in [0.25, 0.3) is 0 Å². The number of aryl methyl sites for hydroxylation is 1. The first-order chi connectivity index (χ1) is 7.50. The first-order valence-electron chi connectivity index (χ1n) is 5.60. The van der Waals surface area contributed by atoms with Crippen LogP contribution >= 0.6 is 0 Å². The van der Waals surface area contributed by atoms with E-state index in [2.05, 4.69) is 17.1 Å². The summed E-state index contributed by atoms with van der Waals surface area (Å²) in [4.78, 5) is 11.1. The maximum absolute atomic E-state index is 11.1. The van der Waals surface area contributed by atoms with Crippen molar-refractivity contribution in [2.24, 2.45) is 11.3 Å². The number of aromatic nitrogens is 3. The number of carboxylic acids is 1. The minimum Gasteiger partial charge on any atom is -0.481 e. The summed E-state index contributed by atoms with van der Waals surface area (Å²) in [5.74, 6) is -0.244. The van der Waals surface area contributed by atoms with Gasteiger partial charge in [-0.15, -0.1) is 10.2 Å². The molecule has 2 unspecified atom stereocenters. The van der Waals surface area contributed by atoms with Crippen molar-refractivity contribution in [1.29, 1.82) is 0 Å². The highest BCUT2D eigenvalue weighted by Crippen LogP contribution is 2.63. The summed E-state index contributed by atoms with van der Waals surface area (Å²) >= 11 is 0. The van der Waals surface area contributed by atoms with Gasteiger partial charge in [-0.2, -0.15) is 0 Å². The molecule has 1 fully saturated rings. The third kappa shape index (κ3) is 1.50. The predicted molar refractivity (Wildman–Crippen MR) is 58.0 cm³/mol. The van der Waals surface area contributed by atoms with Crippen LogP contribution in [0.4, 0.5) is 0 Å². The van der Waals surface area contributed by atoms with Gasteiger partial charge < -0.3 is 9.67 Å². The highest BCUT2D eigenvalue weighted by Gasteiger charge is 2.64. The van der Waals surface area contributed by atoms with E-state index in [0.29, 0.717) is 0 Å². The van der Waals surface area contributed by atoms with Crippen molar-refractivity contribution in [3.8, 4) is 0 Å². The largest absolute Gasteiger partial charge is 0.481 e. The molecule has 5 heteroatoms. The van der Waals surface area contributed by atoms with Crippen LogP contribution in [-0.4, -0.2) is 25.8 Å². The van der Waals surface area contributed by atoms with Crippen molar-refractivity contribution in [1.82, 2.24) is 14.8 Å². The molecule has 0 aromatic carbocycles. The second-order valence-electron chi connectivity index (χ2n) is 5.00. The smallest absolute Gasteiger partial charge is 0.307 e. The van der Waals surface area contributed by atoms with Crippen LogP contribution < -0.4 is 0 Å². The summed E-state index contributed by atoms with van der Waals surface area (Å²) in [6.45, 7) is 6.88. The van der Waals surface area contributed by atoms with E-state index in [-0.39, 0.29) is 17.3 Å². The molecule has 0 bridgehead atoms. The summed E-state index contributed by atoms with van der Waals surface area (Å²) in [6.07, 6.45) is 2.68. The number of hydrogen-bond acceptors (Lipinski definition) is 3. The molecule has 0 aliphatic heterocycles. The molecular weight excluding hydrogens is 206 g/mol. The molecule has 1 aliphatic rings. The Kier molecular flexibility index (Phi) is 2.48. The van der Waals surface area contributed by atoms with Crippen molar-refractivity contribution in [2.45, 2.75) is 39.7 Å². The quantitative estimate of drug-likeness (QED) is 0.840. The first kappa shape index (κ1) is 11.1. The molecule has 16 heavy (non-hydrogen) atoms. The Labute approximate surface area is 94.5 Å². The van der Waals surface area contributed by atoms with E-state index >= 15 is 0 Å². The van der Waals surface area contributed by atoms with Gasteiger partial charge >= 0.3 is 5.97 Å². The Morgan fingerprint density at radius 3 is 2.81 bits per heavy atom. The van der Waals surface area contributed by atoms with Crippen LogP contribution in [0.3, 0.4) is 0 Å². The van der Waals surface area contributed by atoms with Gasteiger partial charge in [0, 0.05) is 12.5 Å². The van der Waals surface area contributed by atoms with Crippen LogP contribution in [0.1, 0.15) is 38.9 Å². The molecule has 0 spiro atoms. The lowest BCUT2D eigenvalue weighted by Gasteiger charge is -2.05. The molecule has 0 amide bonds. The third-order valence-corrected chi connectivity index (χ3v) is 3.48. The highest BCUT2D eigenvalue weighted by atomic mass is 16.4. The molecule has 2 rings (SSSR count). The lowest BCUT2D eigenvalue weighted by molar-refractivity contribution is -0.139. The van der Waals surface area contributed by atoms with Gasteiger partial charge in [0.15, 0.2) is 0 Å². The van der Waals surface area contributed by atoms with E-state index in [1.165, 1.54) is 0 Å². The summed E-state index contributed by atoms with van der Waals surface area (Å²) in [5, 5.41) is 17.1. The maximum atomic E-state index is 11.1. The zero-order chi connectivity index (χ0) is 11.9. The van der Waals surface area contributed by atoms with Crippen molar-refractivity contribution < 1.29 is 9.90 Å². The molecule has 0 radical (unpaired) electrons. The Morgan fingerprint density at radius 2 is 2.31 bits per heavy atom. The van der Waals surface area contributed by atoms with Gasteiger partial charge in [-0.3, -0.25) is 4.79 Å². The van der Waals surface area contributed by atoms with Crippen molar-refractivity contribution in [3.05, 3.63) is 12.2 Å². The first-order valence-corrected chi connectivity index (χ1v) is 5.60. The van der Waals surface area contributed by atoms with Gasteiger partial charge in [0.1, 0.15) is 12.2 Å². The zero-order valence-electron chi connectivity index (χ0n) is 9.84. The second kappa shape index (κ2) is 3.57. The van der Waals surface area contributed by atoms with E-state index in [1.807, 2.05) is 18.4 Å². The zero-order valence-corrected chi connectivity index (χ0v) is 9.84. The fourth-order valence-corrected chi connectivity index (χ4v) is 2.50. The molecule has 1 saturated carbocycles. The number of carbonyl (C=O) groups is 1. The average Bonchev–Trinajstić information content (AvgIpc) is 2.57. The molecule has 5 nitrogen and oxygen atoms in total. The fraction of sp³-hybridized carbons (Fsp3) is 0.727. The second-order valence-corrected chi connectivity index (χ2v) is 5.00. The van der Waals surface area contributed by atoms with E-state index < -0.39 is 5.97 Å². The van der Waals surface area contributed by atoms with E-state index in [1.54, 1.807) is 6.33 Å². The van der Waals surface area contributed by atoms with E-state index in [9.17, 15) is 4.79 Å². The number of carboxylic acid groups (broad SMARTS) is 1. The van der Waals surface area contributed by atoms with Crippen LogP contribution in [0.2, 0.25) is 0 Å². The molecule has 0 saturated heterocycles. The van der Waals surface area contributed by atoms with Gasteiger partial charge in [-0.1, -0.05) is 20.8 Å². The molecular formula is C11H17N3O2. The van der Waals surface area contributed by atoms with Crippen molar-refractivity contribution in [2.75, 3.05) is 0 Å². The lowest BCUT2D eigenvalue weighted by atomic mass is 10.1. The normalized spacial score (nSPS) is 26.7. The summed E-state index contributed by atoms with van der Waals surface area (Å²) in [6, 6.07) is 0. The highest BCUT2D eigenvalue weighted by molar-refractivity contribution is 5.77. The Hall–Kier alpha value is -1.39. The Morgan fingerprint density at radius 1 is 1.62 bits per heavy atom. The van der Waals surface area contributed by atoms with Crippen molar-refractivity contribution in [3.63, 3.8) is 0 Å². The van der Waals surface area contributed by atoms with Gasteiger partial charge in [0.05, 0.1) is 5.92 Å². The topological polar surface area (TPSA) is 68.0 Å². The summed E-state index contributed by atoms with van der Waals surface area (Å²) < 4.78 is 1.97. The maximum Gasteiger partial charge on any atom is 0.307 e. The SMILES string of the molecule is CCCn1cnnc1C1C(C(=O)O)C1(C)C. The van der Waals surface area contributed by atoms with Crippen LogP contribution in [0.15, 0.2) is 6.33 Å². The van der Waals surface area contributed by atoms with E-state index in [0.717, 1.165) is 18.8 Å². The predicted octanol–water partition coefficient (Wildman–Crippen LogP) is 1.51.